The van der Waals surface area contributed by atoms with Crippen molar-refractivity contribution in [1.29, 1.82) is 0 Å². The van der Waals surface area contributed by atoms with Crippen molar-refractivity contribution in [3.05, 3.63) is 39.8 Å². The van der Waals surface area contributed by atoms with Crippen molar-refractivity contribution in [2.45, 2.75) is 44.1 Å². The average Bonchev–Trinajstić information content (AvgIpc) is 3.03. The van der Waals surface area contributed by atoms with Crippen molar-refractivity contribution in [2.24, 2.45) is 0 Å². The van der Waals surface area contributed by atoms with E-state index in [0.717, 1.165) is 36.6 Å². The summed E-state index contributed by atoms with van der Waals surface area (Å²) in [6.45, 7) is 0. The minimum atomic E-state index is -0.194. The predicted molar refractivity (Wildman–Crippen MR) is 95.7 cm³/mol. The molecule has 122 valence electrons. The molecule has 1 aromatic heterocycles. The molecule has 0 radical (unpaired) electrons. The highest BCUT2D eigenvalue weighted by Gasteiger charge is 2.33. The number of amides is 2. The van der Waals surface area contributed by atoms with E-state index in [4.69, 9.17) is 0 Å². The van der Waals surface area contributed by atoms with E-state index < -0.39 is 0 Å². The van der Waals surface area contributed by atoms with Gasteiger partial charge >= 0.3 is 6.03 Å². The van der Waals surface area contributed by atoms with Crippen LogP contribution in [0.25, 0.3) is 0 Å². The number of carbonyl (C=O) groups excluding carboxylic acids is 1. The lowest BCUT2D eigenvalue weighted by atomic mass is 9.77. The zero-order valence-corrected chi connectivity index (χ0v) is 15.1. The van der Waals surface area contributed by atoms with Gasteiger partial charge in [-0.3, -0.25) is 5.32 Å². The molecule has 0 bridgehead atoms. The molecule has 1 aromatic carbocycles. The second-order valence-corrected chi connectivity index (χ2v) is 7.72. The number of halogens is 1. The Morgan fingerprint density at radius 2 is 1.96 bits per heavy atom. The first-order valence-electron chi connectivity index (χ1n) is 7.75. The summed E-state index contributed by atoms with van der Waals surface area (Å²) in [6, 6.07) is 8.14. The van der Waals surface area contributed by atoms with Gasteiger partial charge in [-0.05, 0) is 37.0 Å². The summed E-state index contributed by atoms with van der Waals surface area (Å²) in [5, 5.41) is 14.1. The molecule has 3 rings (SSSR count). The standard InChI is InChI=1S/C16H19BrN4OS/c17-13-6-4-12(5-7-13)10-16(8-2-1-3-9-16)20-14(22)19-15-21-18-11-23-15/h4-7,11H,1-3,8-10H2,(H2,19,20,21,22). The maximum atomic E-state index is 12.3. The molecule has 0 aliphatic heterocycles. The quantitative estimate of drug-likeness (QED) is 0.808. The number of rotatable bonds is 4. The van der Waals surface area contributed by atoms with Crippen LogP contribution in [0.4, 0.5) is 9.93 Å². The van der Waals surface area contributed by atoms with E-state index in [9.17, 15) is 4.79 Å². The number of hydrogen-bond donors (Lipinski definition) is 2. The van der Waals surface area contributed by atoms with Gasteiger partial charge < -0.3 is 5.32 Å². The Bertz CT molecular complexity index is 639. The molecule has 5 nitrogen and oxygen atoms in total. The summed E-state index contributed by atoms with van der Waals surface area (Å²) >= 11 is 4.78. The van der Waals surface area contributed by atoms with Crippen LogP contribution in [0.3, 0.4) is 0 Å². The highest BCUT2D eigenvalue weighted by Crippen LogP contribution is 2.32. The number of benzene rings is 1. The SMILES string of the molecule is O=C(Nc1nncs1)NC1(Cc2ccc(Br)cc2)CCCCC1. The van der Waals surface area contributed by atoms with Crippen LogP contribution in [0.1, 0.15) is 37.7 Å². The van der Waals surface area contributed by atoms with E-state index in [-0.39, 0.29) is 11.6 Å². The Labute approximate surface area is 148 Å². The minimum absolute atomic E-state index is 0.180. The fourth-order valence-corrected chi connectivity index (χ4v) is 3.87. The first-order valence-corrected chi connectivity index (χ1v) is 9.42. The Balaban J connectivity index is 1.70. The Morgan fingerprint density at radius 3 is 2.61 bits per heavy atom. The van der Waals surface area contributed by atoms with E-state index in [0.29, 0.717) is 5.13 Å². The van der Waals surface area contributed by atoms with Gasteiger partial charge in [-0.1, -0.05) is 58.7 Å². The van der Waals surface area contributed by atoms with Gasteiger partial charge in [-0.25, -0.2) is 4.79 Å². The molecule has 0 atom stereocenters. The van der Waals surface area contributed by atoms with Crippen LogP contribution in [0.15, 0.2) is 34.2 Å². The van der Waals surface area contributed by atoms with Crippen molar-refractivity contribution in [3.63, 3.8) is 0 Å². The van der Waals surface area contributed by atoms with Crippen LogP contribution in [-0.2, 0) is 6.42 Å². The van der Waals surface area contributed by atoms with E-state index in [1.165, 1.54) is 23.3 Å². The molecular formula is C16H19BrN4OS. The molecule has 2 N–H and O–H groups in total. The largest absolute Gasteiger partial charge is 0.332 e. The first kappa shape index (κ1) is 16.4. The smallest absolute Gasteiger partial charge is 0.321 e. The second kappa shape index (κ2) is 7.40. The molecule has 2 aromatic rings. The van der Waals surface area contributed by atoms with Gasteiger partial charge in [0, 0.05) is 10.0 Å². The lowest BCUT2D eigenvalue weighted by Gasteiger charge is -2.38. The van der Waals surface area contributed by atoms with Gasteiger partial charge in [0.1, 0.15) is 5.51 Å². The van der Waals surface area contributed by atoms with Gasteiger partial charge in [0.2, 0.25) is 5.13 Å². The van der Waals surface area contributed by atoms with Crippen molar-refractivity contribution >= 4 is 38.4 Å². The normalized spacial score (nSPS) is 16.7. The number of urea groups is 1. The fourth-order valence-electron chi connectivity index (χ4n) is 3.16. The van der Waals surface area contributed by atoms with E-state index >= 15 is 0 Å². The number of aromatic nitrogens is 2. The molecule has 0 spiro atoms. The van der Waals surface area contributed by atoms with Crippen molar-refractivity contribution in [2.75, 3.05) is 5.32 Å². The summed E-state index contributed by atoms with van der Waals surface area (Å²) in [4.78, 5) is 12.3. The summed E-state index contributed by atoms with van der Waals surface area (Å²) < 4.78 is 1.07. The lowest BCUT2D eigenvalue weighted by Crippen LogP contribution is -2.52. The van der Waals surface area contributed by atoms with Crippen LogP contribution >= 0.6 is 27.3 Å². The van der Waals surface area contributed by atoms with Gasteiger partial charge in [0.05, 0.1) is 0 Å². The Kier molecular flexibility index (Phi) is 5.27. The molecular weight excluding hydrogens is 376 g/mol. The summed E-state index contributed by atoms with van der Waals surface area (Å²) in [5.41, 5.74) is 2.67. The predicted octanol–water partition coefficient (Wildman–Crippen LogP) is 4.37. The maximum Gasteiger partial charge on any atom is 0.321 e. The molecule has 1 aliphatic rings. The van der Waals surface area contributed by atoms with Gasteiger partial charge in [0.15, 0.2) is 0 Å². The summed E-state index contributed by atoms with van der Waals surface area (Å²) in [7, 11) is 0. The Hall–Kier alpha value is -1.47. The Morgan fingerprint density at radius 1 is 1.22 bits per heavy atom. The van der Waals surface area contributed by atoms with Gasteiger partial charge in [0.25, 0.3) is 0 Å². The van der Waals surface area contributed by atoms with Crippen molar-refractivity contribution in [1.82, 2.24) is 15.5 Å². The van der Waals surface area contributed by atoms with E-state index in [1.807, 2.05) is 12.1 Å². The molecule has 23 heavy (non-hydrogen) atoms. The van der Waals surface area contributed by atoms with E-state index in [1.54, 1.807) is 5.51 Å². The van der Waals surface area contributed by atoms with Crippen LogP contribution in [-0.4, -0.2) is 21.8 Å². The molecule has 1 saturated carbocycles. The highest BCUT2D eigenvalue weighted by atomic mass is 79.9. The molecule has 0 saturated heterocycles. The topological polar surface area (TPSA) is 66.9 Å². The fraction of sp³-hybridized carbons (Fsp3) is 0.438. The third-order valence-electron chi connectivity index (χ3n) is 4.23. The van der Waals surface area contributed by atoms with Crippen molar-refractivity contribution in [3.8, 4) is 0 Å². The minimum Gasteiger partial charge on any atom is -0.332 e. The number of nitrogens with zero attached hydrogens (tertiary/aromatic N) is 2. The van der Waals surface area contributed by atoms with Crippen molar-refractivity contribution < 1.29 is 4.79 Å². The molecule has 1 heterocycles. The van der Waals surface area contributed by atoms with E-state index in [2.05, 4.69) is 48.9 Å². The number of anilines is 1. The van der Waals surface area contributed by atoms with Crippen LogP contribution in [0.5, 0.6) is 0 Å². The maximum absolute atomic E-state index is 12.3. The zero-order valence-electron chi connectivity index (χ0n) is 12.7. The molecule has 2 amide bonds. The lowest BCUT2D eigenvalue weighted by molar-refractivity contribution is 0.211. The molecule has 1 fully saturated rings. The van der Waals surface area contributed by atoms with Gasteiger partial charge in [-0.15, -0.1) is 10.2 Å². The third-order valence-corrected chi connectivity index (χ3v) is 5.36. The summed E-state index contributed by atoms with van der Waals surface area (Å²) in [5.74, 6) is 0. The first-order chi connectivity index (χ1) is 11.2. The highest BCUT2D eigenvalue weighted by molar-refractivity contribution is 9.10. The van der Waals surface area contributed by atoms with Gasteiger partial charge in [-0.2, -0.15) is 0 Å². The molecule has 1 aliphatic carbocycles. The molecule has 0 unspecified atom stereocenters. The number of hydrogen-bond acceptors (Lipinski definition) is 4. The van der Waals surface area contributed by atoms with Crippen LogP contribution in [0.2, 0.25) is 0 Å². The second-order valence-electron chi connectivity index (χ2n) is 5.97. The third kappa shape index (κ3) is 4.51. The average molecular weight is 395 g/mol. The summed E-state index contributed by atoms with van der Waals surface area (Å²) in [6.07, 6.45) is 6.40. The number of carbonyl (C=O) groups is 1. The molecule has 7 heteroatoms. The monoisotopic (exact) mass is 394 g/mol. The number of nitrogens with one attached hydrogen (secondary N) is 2. The van der Waals surface area contributed by atoms with Crippen LogP contribution in [0, 0.1) is 0 Å². The zero-order chi connectivity index (χ0) is 16.1. The van der Waals surface area contributed by atoms with Crippen LogP contribution < -0.4 is 10.6 Å².